The van der Waals surface area contributed by atoms with E-state index in [1.807, 2.05) is 0 Å². The number of rotatable bonds is 4. The molecule has 2 saturated heterocycles. The minimum Gasteiger partial charge on any atom is -0.314 e. The molecule has 2 heteroatoms. The Hall–Kier alpha value is -0.860. The summed E-state index contributed by atoms with van der Waals surface area (Å²) in [5.41, 5.74) is 1.45. The SMILES string of the molecule is c1ccc(CCNC2CCN3CCCC3C2)cc1. The lowest BCUT2D eigenvalue weighted by Gasteiger charge is -2.35. The molecule has 98 valence electrons. The normalized spacial score (nSPS) is 28.2. The fourth-order valence-corrected chi connectivity index (χ4v) is 3.48. The molecule has 2 aliphatic rings. The number of hydrogen-bond acceptors (Lipinski definition) is 2. The fraction of sp³-hybridized carbons (Fsp3) is 0.625. The van der Waals surface area contributed by atoms with Gasteiger partial charge in [-0.2, -0.15) is 0 Å². The van der Waals surface area contributed by atoms with Crippen LogP contribution >= 0.6 is 0 Å². The molecule has 0 radical (unpaired) electrons. The number of benzene rings is 1. The molecule has 2 fully saturated rings. The predicted octanol–water partition coefficient (Wildman–Crippen LogP) is 2.45. The van der Waals surface area contributed by atoms with Crippen molar-refractivity contribution in [3.05, 3.63) is 35.9 Å². The Morgan fingerprint density at radius 1 is 1.11 bits per heavy atom. The molecule has 1 aromatic rings. The van der Waals surface area contributed by atoms with Gasteiger partial charge in [-0.1, -0.05) is 30.3 Å². The van der Waals surface area contributed by atoms with Crippen LogP contribution < -0.4 is 5.32 Å². The molecular weight excluding hydrogens is 220 g/mol. The maximum Gasteiger partial charge on any atom is 0.0111 e. The van der Waals surface area contributed by atoms with Crippen molar-refractivity contribution in [3.63, 3.8) is 0 Å². The van der Waals surface area contributed by atoms with Crippen LogP contribution in [0.15, 0.2) is 30.3 Å². The summed E-state index contributed by atoms with van der Waals surface area (Å²) in [4.78, 5) is 2.69. The third-order valence-corrected chi connectivity index (χ3v) is 4.51. The second-order valence-corrected chi connectivity index (χ2v) is 5.74. The summed E-state index contributed by atoms with van der Waals surface area (Å²) in [6, 6.07) is 12.4. The van der Waals surface area contributed by atoms with E-state index in [4.69, 9.17) is 0 Å². The highest BCUT2D eigenvalue weighted by molar-refractivity contribution is 5.14. The molecule has 0 amide bonds. The number of piperidine rings is 1. The van der Waals surface area contributed by atoms with E-state index in [0.717, 1.165) is 25.0 Å². The van der Waals surface area contributed by atoms with Crippen molar-refractivity contribution in [2.45, 2.75) is 44.2 Å². The first kappa shape index (κ1) is 12.2. The molecule has 18 heavy (non-hydrogen) atoms. The molecule has 2 heterocycles. The third-order valence-electron chi connectivity index (χ3n) is 4.51. The lowest BCUT2D eigenvalue weighted by atomic mass is 9.97. The molecular formula is C16H24N2. The van der Waals surface area contributed by atoms with Crippen molar-refractivity contribution in [2.75, 3.05) is 19.6 Å². The first-order chi connectivity index (χ1) is 8.92. The Kier molecular flexibility index (Phi) is 3.96. The van der Waals surface area contributed by atoms with Crippen LogP contribution in [-0.4, -0.2) is 36.6 Å². The van der Waals surface area contributed by atoms with Crippen LogP contribution in [-0.2, 0) is 6.42 Å². The average Bonchev–Trinajstić information content (AvgIpc) is 2.87. The summed E-state index contributed by atoms with van der Waals surface area (Å²) >= 11 is 0. The van der Waals surface area contributed by atoms with Gasteiger partial charge in [0.1, 0.15) is 0 Å². The minimum absolute atomic E-state index is 0.757. The number of nitrogens with zero attached hydrogens (tertiary/aromatic N) is 1. The molecule has 2 atom stereocenters. The van der Waals surface area contributed by atoms with Crippen molar-refractivity contribution in [1.82, 2.24) is 10.2 Å². The molecule has 0 saturated carbocycles. The monoisotopic (exact) mass is 244 g/mol. The molecule has 0 bridgehead atoms. The third kappa shape index (κ3) is 2.93. The van der Waals surface area contributed by atoms with E-state index in [1.54, 1.807) is 0 Å². The molecule has 2 unspecified atom stereocenters. The topological polar surface area (TPSA) is 15.3 Å². The van der Waals surface area contributed by atoms with Crippen molar-refractivity contribution >= 4 is 0 Å². The van der Waals surface area contributed by atoms with Crippen LogP contribution in [0, 0.1) is 0 Å². The van der Waals surface area contributed by atoms with Gasteiger partial charge in [0.05, 0.1) is 0 Å². The Labute approximate surface area is 110 Å². The highest BCUT2D eigenvalue weighted by Crippen LogP contribution is 2.26. The predicted molar refractivity (Wildman–Crippen MR) is 75.8 cm³/mol. The van der Waals surface area contributed by atoms with E-state index < -0.39 is 0 Å². The number of nitrogens with one attached hydrogen (secondary N) is 1. The lowest BCUT2D eigenvalue weighted by molar-refractivity contribution is 0.167. The van der Waals surface area contributed by atoms with Crippen LogP contribution in [0.1, 0.15) is 31.2 Å². The van der Waals surface area contributed by atoms with Crippen molar-refractivity contribution in [3.8, 4) is 0 Å². The Morgan fingerprint density at radius 3 is 2.89 bits per heavy atom. The largest absolute Gasteiger partial charge is 0.314 e. The van der Waals surface area contributed by atoms with E-state index in [2.05, 4.69) is 40.5 Å². The van der Waals surface area contributed by atoms with Crippen LogP contribution in [0.4, 0.5) is 0 Å². The van der Waals surface area contributed by atoms with E-state index in [-0.39, 0.29) is 0 Å². The fourth-order valence-electron chi connectivity index (χ4n) is 3.48. The molecule has 2 aliphatic heterocycles. The van der Waals surface area contributed by atoms with Crippen LogP contribution in [0.25, 0.3) is 0 Å². The van der Waals surface area contributed by atoms with Gasteiger partial charge < -0.3 is 10.2 Å². The molecule has 1 N–H and O–H groups in total. The average molecular weight is 244 g/mol. The number of hydrogen-bond donors (Lipinski definition) is 1. The molecule has 2 nitrogen and oxygen atoms in total. The summed E-state index contributed by atoms with van der Waals surface area (Å²) < 4.78 is 0. The van der Waals surface area contributed by atoms with Gasteiger partial charge in [-0.3, -0.25) is 0 Å². The summed E-state index contributed by atoms with van der Waals surface area (Å²) in [5.74, 6) is 0. The maximum absolute atomic E-state index is 3.76. The highest BCUT2D eigenvalue weighted by atomic mass is 15.2. The van der Waals surface area contributed by atoms with E-state index in [9.17, 15) is 0 Å². The lowest BCUT2D eigenvalue weighted by Crippen LogP contribution is -2.46. The van der Waals surface area contributed by atoms with Crippen molar-refractivity contribution < 1.29 is 0 Å². The van der Waals surface area contributed by atoms with Gasteiger partial charge in [0.2, 0.25) is 0 Å². The van der Waals surface area contributed by atoms with Gasteiger partial charge in [-0.15, -0.1) is 0 Å². The van der Waals surface area contributed by atoms with Gasteiger partial charge in [0.15, 0.2) is 0 Å². The second-order valence-electron chi connectivity index (χ2n) is 5.74. The van der Waals surface area contributed by atoms with Gasteiger partial charge in [0.25, 0.3) is 0 Å². The van der Waals surface area contributed by atoms with Crippen molar-refractivity contribution in [1.29, 1.82) is 0 Å². The van der Waals surface area contributed by atoms with Crippen LogP contribution in [0.5, 0.6) is 0 Å². The minimum atomic E-state index is 0.757. The molecule has 3 rings (SSSR count). The zero-order valence-corrected chi connectivity index (χ0v) is 11.1. The first-order valence-corrected chi connectivity index (χ1v) is 7.43. The van der Waals surface area contributed by atoms with Gasteiger partial charge in [-0.25, -0.2) is 0 Å². The van der Waals surface area contributed by atoms with E-state index in [1.165, 1.54) is 44.3 Å². The first-order valence-electron chi connectivity index (χ1n) is 7.43. The Balaban J connectivity index is 1.41. The summed E-state index contributed by atoms with van der Waals surface area (Å²) in [6.45, 7) is 3.79. The van der Waals surface area contributed by atoms with Gasteiger partial charge >= 0.3 is 0 Å². The second kappa shape index (κ2) is 5.85. The van der Waals surface area contributed by atoms with Gasteiger partial charge in [0, 0.05) is 12.1 Å². The zero-order chi connectivity index (χ0) is 12.2. The summed E-state index contributed by atoms with van der Waals surface area (Å²) in [5, 5.41) is 3.76. The van der Waals surface area contributed by atoms with Crippen LogP contribution in [0.3, 0.4) is 0 Å². The van der Waals surface area contributed by atoms with Crippen LogP contribution in [0.2, 0.25) is 0 Å². The smallest absolute Gasteiger partial charge is 0.0111 e. The maximum atomic E-state index is 3.76. The zero-order valence-electron chi connectivity index (χ0n) is 11.1. The summed E-state index contributed by atoms with van der Waals surface area (Å²) in [6.07, 6.45) is 6.71. The summed E-state index contributed by atoms with van der Waals surface area (Å²) in [7, 11) is 0. The van der Waals surface area contributed by atoms with E-state index in [0.29, 0.717) is 0 Å². The Bertz CT molecular complexity index is 363. The quantitative estimate of drug-likeness (QED) is 0.875. The number of fused-ring (bicyclic) bond motifs is 1. The standard InChI is InChI=1S/C16H24N2/c1-2-5-14(6-3-1)8-10-17-15-9-12-18-11-4-7-16(18)13-15/h1-3,5-6,15-17H,4,7-13H2. The molecule has 0 spiro atoms. The Morgan fingerprint density at radius 2 is 2.00 bits per heavy atom. The van der Waals surface area contributed by atoms with Crippen molar-refractivity contribution in [2.24, 2.45) is 0 Å². The van der Waals surface area contributed by atoms with Gasteiger partial charge in [-0.05, 0) is 57.3 Å². The van der Waals surface area contributed by atoms with E-state index >= 15 is 0 Å². The molecule has 1 aromatic carbocycles. The highest BCUT2D eigenvalue weighted by Gasteiger charge is 2.31. The molecule has 0 aliphatic carbocycles. The molecule has 0 aromatic heterocycles.